The van der Waals surface area contributed by atoms with Gasteiger partial charge in [0.25, 0.3) is 0 Å². The summed E-state index contributed by atoms with van der Waals surface area (Å²) >= 11 is 12.6. The SMILES string of the molecule is CC(C)(C)C[C@H]1N[C@@H](C(=O)NCCCN2CCN(CCO)CC2)[C@H](c2cccc(Cl)c2)[C@@]12C(=O)Nc1cc(Cl)c(F)cc12. The fraction of sp³-hybridized carbons (Fsp3) is 0.562. The van der Waals surface area contributed by atoms with Crippen molar-refractivity contribution in [3.63, 3.8) is 0 Å². The molecule has 234 valence electrons. The molecular formula is C32H42Cl2FN5O3. The second-order valence-electron chi connectivity index (χ2n) is 13.2. The average molecular weight is 635 g/mol. The van der Waals surface area contributed by atoms with E-state index in [0.29, 0.717) is 35.8 Å². The molecule has 2 fully saturated rings. The Labute approximate surface area is 263 Å². The minimum absolute atomic E-state index is 0.0714. The van der Waals surface area contributed by atoms with Crippen LogP contribution in [0.1, 0.15) is 50.7 Å². The van der Waals surface area contributed by atoms with Gasteiger partial charge >= 0.3 is 0 Å². The summed E-state index contributed by atoms with van der Waals surface area (Å²) in [4.78, 5) is 32.8. The van der Waals surface area contributed by atoms with E-state index in [4.69, 9.17) is 23.2 Å². The van der Waals surface area contributed by atoms with Gasteiger partial charge in [-0.15, -0.1) is 0 Å². The van der Waals surface area contributed by atoms with Gasteiger partial charge in [-0.2, -0.15) is 0 Å². The number of rotatable bonds is 9. The first-order valence-electron chi connectivity index (χ1n) is 15.1. The first-order valence-corrected chi connectivity index (χ1v) is 15.9. The molecule has 4 N–H and O–H groups in total. The van der Waals surface area contributed by atoms with Gasteiger partial charge in [0.1, 0.15) is 11.2 Å². The van der Waals surface area contributed by atoms with Crippen LogP contribution in [0.2, 0.25) is 10.0 Å². The van der Waals surface area contributed by atoms with Gasteiger partial charge in [-0.1, -0.05) is 56.1 Å². The van der Waals surface area contributed by atoms with Gasteiger partial charge < -0.3 is 26.0 Å². The van der Waals surface area contributed by atoms with Crippen molar-refractivity contribution in [3.05, 3.63) is 63.4 Å². The first kappa shape index (κ1) is 32.1. The molecule has 1 spiro atoms. The van der Waals surface area contributed by atoms with E-state index >= 15 is 4.39 Å². The molecule has 2 amide bonds. The highest BCUT2D eigenvalue weighted by Gasteiger charge is 2.65. The molecule has 3 aliphatic rings. The zero-order chi connectivity index (χ0) is 30.9. The maximum atomic E-state index is 15.1. The van der Waals surface area contributed by atoms with E-state index in [2.05, 4.69) is 46.5 Å². The summed E-state index contributed by atoms with van der Waals surface area (Å²) in [5.74, 6) is -1.75. The highest BCUT2D eigenvalue weighted by Crippen LogP contribution is 2.57. The van der Waals surface area contributed by atoms with Crippen LogP contribution in [0, 0.1) is 11.2 Å². The molecule has 0 radical (unpaired) electrons. The van der Waals surface area contributed by atoms with Gasteiger partial charge in [0.2, 0.25) is 11.8 Å². The molecule has 8 nitrogen and oxygen atoms in total. The van der Waals surface area contributed by atoms with Crippen LogP contribution in [-0.2, 0) is 15.0 Å². The van der Waals surface area contributed by atoms with Crippen molar-refractivity contribution in [2.24, 2.45) is 5.41 Å². The summed E-state index contributed by atoms with van der Waals surface area (Å²) in [5, 5.41) is 19.2. The molecule has 0 aromatic heterocycles. The van der Waals surface area contributed by atoms with Crippen molar-refractivity contribution in [1.29, 1.82) is 0 Å². The first-order chi connectivity index (χ1) is 20.4. The van der Waals surface area contributed by atoms with Gasteiger partial charge in [0.05, 0.1) is 17.7 Å². The molecule has 4 atom stereocenters. The Kier molecular flexibility index (Phi) is 9.71. The lowest BCUT2D eigenvalue weighted by Gasteiger charge is -2.37. The molecule has 0 aliphatic carbocycles. The number of β-amino-alcohol motifs (C(OH)–C–C–N with tert-alkyl or cyclic N) is 1. The molecule has 0 unspecified atom stereocenters. The molecule has 3 aliphatic heterocycles. The smallest absolute Gasteiger partial charge is 0.237 e. The Morgan fingerprint density at radius 2 is 1.81 bits per heavy atom. The zero-order valence-corrected chi connectivity index (χ0v) is 26.6. The molecule has 0 saturated carbocycles. The second-order valence-corrected chi connectivity index (χ2v) is 14.0. The van der Waals surface area contributed by atoms with Gasteiger partial charge in [0, 0.05) is 61.9 Å². The van der Waals surface area contributed by atoms with Gasteiger partial charge in [0.15, 0.2) is 0 Å². The lowest BCUT2D eigenvalue weighted by atomic mass is 9.62. The normalized spacial score (nSPS) is 26.1. The number of nitrogens with one attached hydrogen (secondary N) is 3. The minimum Gasteiger partial charge on any atom is -0.395 e. The standard InChI is InChI=1S/C32H42Cl2FN5O3/c1-31(2,3)19-26-32(22-17-24(35)23(34)18-25(22)37-30(32)43)27(20-6-4-7-21(33)16-20)28(38-26)29(42)36-8-5-9-39-10-12-40(13-11-39)14-15-41/h4,6-7,16-18,26-28,38,41H,5,8-15,19H2,1-3H3,(H,36,42)(H,37,43)/t26-,27+,28-,32+/m1/s1. The third-order valence-electron chi connectivity index (χ3n) is 9.02. The van der Waals surface area contributed by atoms with E-state index < -0.39 is 29.2 Å². The highest BCUT2D eigenvalue weighted by atomic mass is 35.5. The zero-order valence-electron chi connectivity index (χ0n) is 25.1. The van der Waals surface area contributed by atoms with E-state index in [1.165, 1.54) is 12.1 Å². The van der Waals surface area contributed by atoms with Crippen molar-refractivity contribution in [2.75, 3.05) is 57.7 Å². The monoisotopic (exact) mass is 633 g/mol. The summed E-state index contributed by atoms with van der Waals surface area (Å²) in [6.45, 7) is 12.2. The third kappa shape index (κ3) is 6.58. The number of piperazine rings is 1. The van der Waals surface area contributed by atoms with Crippen LogP contribution >= 0.6 is 23.2 Å². The Bertz CT molecular complexity index is 1350. The van der Waals surface area contributed by atoms with Crippen LogP contribution < -0.4 is 16.0 Å². The van der Waals surface area contributed by atoms with Crippen molar-refractivity contribution < 1.29 is 19.1 Å². The van der Waals surface area contributed by atoms with E-state index in [1.54, 1.807) is 12.1 Å². The molecule has 5 rings (SSSR count). The number of hydrogen-bond acceptors (Lipinski definition) is 6. The number of nitrogens with zero attached hydrogens (tertiary/aromatic N) is 2. The Morgan fingerprint density at radius 1 is 1.12 bits per heavy atom. The summed E-state index contributed by atoms with van der Waals surface area (Å²) in [6.07, 6.45) is 1.34. The summed E-state index contributed by atoms with van der Waals surface area (Å²) in [5.41, 5.74) is 0.223. The van der Waals surface area contributed by atoms with Crippen LogP contribution in [0.3, 0.4) is 0 Å². The number of benzene rings is 2. The Balaban J connectivity index is 1.43. The van der Waals surface area contributed by atoms with Crippen molar-refractivity contribution >= 4 is 40.7 Å². The minimum atomic E-state index is -1.27. The number of anilines is 1. The fourth-order valence-corrected chi connectivity index (χ4v) is 7.50. The molecule has 2 aromatic carbocycles. The quantitative estimate of drug-likeness (QED) is 0.312. The maximum Gasteiger partial charge on any atom is 0.237 e. The fourth-order valence-electron chi connectivity index (χ4n) is 7.14. The van der Waals surface area contributed by atoms with E-state index in [-0.39, 0.29) is 28.9 Å². The highest BCUT2D eigenvalue weighted by molar-refractivity contribution is 6.31. The molecule has 2 saturated heterocycles. The number of carbonyl (C=O) groups excluding carboxylic acids is 2. The van der Waals surface area contributed by atoms with Crippen LogP contribution in [-0.4, -0.2) is 91.2 Å². The molecule has 43 heavy (non-hydrogen) atoms. The van der Waals surface area contributed by atoms with E-state index in [9.17, 15) is 14.7 Å². The van der Waals surface area contributed by atoms with Crippen LogP contribution in [0.15, 0.2) is 36.4 Å². The van der Waals surface area contributed by atoms with Gasteiger partial charge in [-0.25, -0.2) is 4.39 Å². The molecule has 2 aromatic rings. The number of carbonyl (C=O) groups is 2. The number of fused-ring (bicyclic) bond motifs is 2. The van der Waals surface area contributed by atoms with Crippen molar-refractivity contribution in [3.8, 4) is 0 Å². The predicted molar refractivity (Wildman–Crippen MR) is 168 cm³/mol. The Hall–Kier alpha value is -2.27. The number of amides is 2. The van der Waals surface area contributed by atoms with E-state index in [1.807, 2.05) is 12.1 Å². The average Bonchev–Trinajstić information content (AvgIpc) is 3.41. The topological polar surface area (TPSA) is 96.9 Å². The van der Waals surface area contributed by atoms with Crippen LogP contribution in [0.4, 0.5) is 10.1 Å². The predicted octanol–water partition coefficient (Wildman–Crippen LogP) is 4.00. The number of hydrogen-bond donors (Lipinski definition) is 4. The van der Waals surface area contributed by atoms with Crippen LogP contribution in [0.25, 0.3) is 0 Å². The Morgan fingerprint density at radius 3 is 2.47 bits per heavy atom. The number of halogens is 3. The molecule has 3 heterocycles. The van der Waals surface area contributed by atoms with Gasteiger partial charge in [-0.3, -0.25) is 14.5 Å². The third-order valence-corrected chi connectivity index (χ3v) is 9.55. The van der Waals surface area contributed by atoms with Crippen molar-refractivity contribution in [2.45, 2.75) is 57.0 Å². The lowest BCUT2D eigenvalue weighted by Crippen LogP contribution is -2.49. The lowest BCUT2D eigenvalue weighted by molar-refractivity contribution is -0.123. The van der Waals surface area contributed by atoms with E-state index in [0.717, 1.165) is 44.7 Å². The largest absolute Gasteiger partial charge is 0.395 e. The summed E-state index contributed by atoms with van der Waals surface area (Å²) in [7, 11) is 0. The molecule has 0 bridgehead atoms. The molecular weight excluding hydrogens is 592 g/mol. The molecule has 11 heteroatoms. The maximum absolute atomic E-state index is 15.1. The van der Waals surface area contributed by atoms with Crippen molar-refractivity contribution in [1.82, 2.24) is 20.4 Å². The summed E-state index contributed by atoms with van der Waals surface area (Å²) in [6, 6.07) is 8.83. The van der Waals surface area contributed by atoms with Crippen LogP contribution in [0.5, 0.6) is 0 Å². The number of aliphatic hydroxyl groups is 1. The summed E-state index contributed by atoms with van der Waals surface area (Å²) < 4.78 is 15.1. The number of aliphatic hydroxyl groups excluding tert-OH is 1. The van der Waals surface area contributed by atoms with Gasteiger partial charge in [-0.05, 0) is 60.2 Å². The second kappa shape index (κ2) is 13.0.